The largest absolute Gasteiger partial charge is 0.380 e. The molecule has 0 saturated heterocycles. The minimum absolute atomic E-state index is 0.0708. The highest BCUT2D eigenvalue weighted by atomic mass is 16.5. The van der Waals surface area contributed by atoms with Crippen LogP contribution in [-0.4, -0.2) is 25.7 Å². The van der Waals surface area contributed by atoms with Gasteiger partial charge in [-0.3, -0.25) is 4.79 Å². The van der Waals surface area contributed by atoms with E-state index in [2.05, 4.69) is 33.0 Å². The second kappa shape index (κ2) is 5.17. The Balaban J connectivity index is 2.26. The molecule has 94 valence electrons. The lowest BCUT2D eigenvalue weighted by molar-refractivity contribution is -0.130. The zero-order chi connectivity index (χ0) is 12.2. The molecular weight excluding hydrogens is 202 g/mol. The fourth-order valence-corrected chi connectivity index (χ4v) is 2.09. The standard InChI is InChI=1S/C13H25NO2/c1-5-9-16-10-8-14-11(15)13(6-7-13)12(2,3)4/h5-10H2,1-4H3,(H,14,15). The van der Waals surface area contributed by atoms with E-state index in [0.29, 0.717) is 13.2 Å². The molecule has 16 heavy (non-hydrogen) atoms. The first-order valence-corrected chi connectivity index (χ1v) is 6.30. The molecule has 1 N–H and O–H groups in total. The van der Waals surface area contributed by atoms with E-state index in [9.17, 15) is 4.79 Å². The Labute approximate surface area is 98.9 Å². The topological polar surface area (TPSA) is 38.3 Å². The summed E-state index contributed by atoms with van der Waals surface area (Å²) in [6.45, 7) is 10.6. The summed E-state index contributed by atoms with van der Waals surface area (Å²) in [7, 11) is 0. The SMILES string of the molecule is CCCOCCNC(=O)C1(C(C)(C)C)CC1. The Morgan fingerprint density at radius 2 is 1.94 bits per heavy atom. The summed E-state index contributed by atoms with van der Waals surface area (Å²) in [5, 5.41) is 2.99. The maximum atomic E-state index is 12.0. The molecular formula is C13H25NO2. The Kier molecular flexibility index (Phi) is 4.36. The highest BCUT2D eigenvalue weighted by molar-refractivity contribution is 5.86. The van der Waals surface area contributed by atoms with Gasteiger partial charge in [-0.15, -0.1) is 0 Å². The Bertz CT molecular complexity index is 239. The Morgan fingerprint density at radius 3 is 2.38 bits per heavy atom. The maximum Gasteiger partial charge on any atom is 0.226 e. The first kappa shape index (κ1) is 13.5. The number of ether oxygens (including phenoxy) is 1. The van der Waals surface area contributed by atoms with Crippen molar-refractivity contribution in [3.05, 3.63) is 0 Å². The van der Waals surface area contributed by atoms with Gasteiger partial charge in [0, 0.05) is 13.2 Å². The van der Waals surface area contributed by atoms with E-state index >= 15 is 0 Å². The first-order chi connectivity index (χ1) is 7.44. The molecule has 1 amide bonds. The molecule has 1 aliphatic carbocycles. The molecule has 0 atom stereocenters. The van der Waals surface area contributed by atoms with Gasteiger partial charge in [0.25, 0.3) is 0 Å². The smallest absolute Gasteiger partial charge is 0.226 e. The van der Waals surface area contributed by atoms with Gasteiger partial charge in [-0.25, -0.2) is 0 Å². The van der Waals surface area contributed by atoms with E-state index in [4.69, 9.17) is 4.74 Å². The molecule has 1 aliphatic rings. The quantitative estimate of drug-likeness (QED) is 0.707. The molecule has 0 heterocycles. The lowest BCUT2D eigenvalue weighted by atomic mass is 9.77. The van der Waals surface area contributed by atoms with Crippen molar-refractivity contribution in [1.29, 1.82) is 0 Å². The molecule has 0 bridgehead atoms. The summed E-state index contributed by atoms with van der Waals surface area (Å²) < 4.78 is 5.34. The first-order valence-electron chi connectivity index (χ1n) is 6.30. The molecule has 3 nitrogen and oxygen atoms in total. The molecule has 0 unspecified atom stereocenters. The number of carbonyl (C=O) groups excluding carboxylic acids is 1. The highest BCUT2D eigenvalue weighted by Crippen LogP contribution is 2.58. The zero-order valence-corrected chi connectivity index (χ0v) is 11.1. The van der Waals surface area contributed by atoms with Crippen molar-refractivity contribution in [2.45, 2.75) is 47.0 Å². The molecule has 3 heteroatoms. The van der Waals surface area contributed by atoms with Crippen molar-refractivity contribution in [3.63, 3.8) is 0 Å². The van der Waals surface area contributed by atoms with Crippen LogP contribution in [0.5, 0.6) is 0 Å². The van der Waals surface area contributed by atoms with Crippen molar-refractivity contribution >= 4 is 5.91 Å². The lowest BCUT2D eigenvalue weighted by Gasteiger charge is -2.29. The molecule has 1 fully saturated rings. The highest BCUT2D eigenvalue weighted by Gasteiger charge is 2.57. The van der Waals surface area contributed by atoms with Crippen LogP contribution in [0, 0.1) is 10.8 Å². The van der Waals surface area contributed by atoms with Gasteiger partial charge >= 0.3 is 0 Å². The van der Waals surface area contributed by atoms with Crippen molar-refractivity contribution < 1.29 is 9.53 Å². The summed E-state index contributed by atoms with van der Waals surface area (Å²) >= 11 is 0. The number of nitrogens with one attached hydrogen (secondary N) is 1. The van der Waals surface area contributed by atoms with Crippen LogP contribution in [0.4, 0.5) is 0 Å². The van der Waals surface area contributed by atoms with Crippen molar-refractivity contribution in [2.24, 2.45) is 10.8 Å². The Hall–Kier alpha value is -0.570. The van der Waals surface area contributed by atoms with E-state index in [1.807, 2.05) is 0 Å². The molecule has 0 radical (unpaired) electrons. The van der Waals surface area contributed by atoms with Gasteiger partial charge < -0.3 is 10.1 Å². The minimum atomic E-state index is -0.113. The number of amides is 1. The molecule has 0 aliphatic heterocycles. The van der Waals surface area contributed by atoms with Crippen LogP contribution in [0.15, 0.2) is 0 Å². The van der Waals surface area contributed by atoms with Gasteiger partial charge in [-0.2, -0.15) is 0 Å². The number of carbonyl (C=O) groups is 1. The molecule has 1 saturated carbocycles. The van der Waals surface area contributed by atoms with Crippen LogP contribution in [0.2, 0.25) is 0 Å². The summed E-state index contributed by atoms with van der Waals surface area (Å²) in [6.07, 6.45) is 3.08. The van der Waals surface area contributed by atoms with Crippen LogP contribution in [0.25, 0.3) is 0 Å². The van der Waals surface area contributed by atoms with Crippen LogP contribution in [0.1, 0.15) is 47.0 Å². The molecule has 0 aromatic rings. The fraction of sp³-hybridized carbons (Fsp3) is 0.923. The third-order valence-corrected chi connectivity index (χ3v) is 3.50. The Morgan fingerprint density at radius 1 is 1.31 bits per heavy atom. The molecule has 0 aromatic carbocycles. The van der Waals surface area contributed by atoms with Crippen LogP contribution < -0.4 is 5.32 Å². The van der Waals surface area contributed by atoms with Gasteiger partial charge in [0.2, 0.25) is 5.91 Å². The van der Waals surface area contributed by atoms with Crippen LogP contribution in [-0.2, 0) is 9.53 Å². The van der Waals surface area contributed by atoms with Crippen molar-refractivity contribution in [3.8, 4) is 0 Å². The summed E-state index contributed by atoms with van der Waals surface area (Å²) in [6, 6.07) is 0. The van der Waals surface area contributed by atoms with E-state index in [1.54, 1.807) is 0 Å². The average molecular weight is 227 g/mol. The van der Waals surface area contributed by atoms with Gasteiger partial charge in [-0.05, 0) is 24.7 Å². The second-order valence-electron chi connectivity index (χ2n) is 5.70. The maximum absolute atomic E-state index is 12.0. The number of rotatable bonds is 6. The van der Waals surface area contributed by atoms with Crippen LogP contribution in [0.3, 0.4) is 0 Å². The predicted molar refractivity (Wildman–Crippen MR) is 65.2 cm³/mol. The zero-order valence-electron chi connectivity index (χ0n) is 11.1. The van der Waals surface area contributed by atoms with Crippen LogP contribution >= 0.6 is 0 Å². The van der Waals surface area contributed by atoms with E-state index in [-0.39, 0.29) is 16.7 Å². The van der Waals surface area contributed by atoms with Crippen molar-refractivity contribution in [2.75, 3.05) is 19.8 Å². The third-order valence-electron chi connectivity index (χ3n) is 3.50. The summed E-state index contributed by atoms with van der Waals surface area (Å²) in [4.78, 5) is 12.0. The normalized spacial score (nSPS) is 18.2. The monoisotopic (exact) mass is 227 g/mol. The number of hydrogen-bond donors (Lipinski definition) is 1. The molecule has 0 aromatic heterocycles. The predicted octanol–water partition coefficient (Wildman–Crippen LogP) is 2.36. The number of hydrogen-bond acceptors (Lipinski definition) is 2. The fourth-order valence-electron chi connectivity index (χ4n) is 2.09. The second-order valence-corrected chi connectivity index (χ2v) is 5.70. The average Bonchev–Trinajstić information content (AvgIpc) is 2.96. The van der Waals surface area contributed by atoms with E-state index in [1.165, 1.54) is 0 Å². The van der Waals surface area contributed by atoms with Crippen molar-refractivity contribution in [1.82, 2.24) is 5.32 Å². The molecule has 1 rings (SSSR count). The summed E-state index contributed by atoms with van der Waals surface area (Å²) in [5.41, 5.74) is -0.0425. The third kappa shape index (κ3) is 2.97. The summed E-state index contributed by atoms with van der Waals surface area (Å²) in [5.74, 6) is 0.208. The van der Waals surface area contributed by atoms with Gasteiger partial charge in [-0.1, -0.05) is 27.7 Å². The van der Waals surface area contributed by atoms with E-state index < -0.39 is 0 Å². The van der Waals surface area contributed by atoms with Gasteiger partial charge in [0.1, 0.15) is 0 Å². The van der Waals surface area contributed by atoms with E-state index in [0.717, 1.165) is 25.9 Å². The van der Waals surface area contributed by atoms with Gasteiger partial charge in [0.15, 0.2) is 0 Å². The van der Waals surface area contributed by atoms with Gasteiger partial charge in [0.05, 0.1) is 12.0 Å². The lowest BCUT2D eigenvalue weighted by Crippen LogP contribution is -2.41. The molecule has 0 spiro atoms. The minimum Gasteiger partial charge on any atom is -0.380 e.